The van der Waals surface area contributed by atoms with Gasteiger partial charge in [-0.25, -0.2) is 23.3 Å². The van der Waals surface area contributed by atoms with Gasteiger partial charge < -0.3 is 15.0 Å². The minimum Gasteiger partial charge on any atom is -0.474 e. The molecule has 0 bridgehead atoms. The Morgan fingerprint density at radius 3 is 2.68 bits per heavy atom. The van der Waals surface area contributed by atoms with Crippen LogP contribution in [-0.2, 0) is 10.0 Å². The minimum absolute atomic E-state index is 0.215. The number of carbonyl (C=O) groups is 1. The van der Waals surface area contributed by atoms with E-state index >= 15 is 0 Å². The van der Waals surface area contributed by atoms with Crippen LogP contribution >= 0.6 is 0 Å². The number of hydrogen-bond acceptors (Lipinski definition) is 5. The maximum absolute atomic E-state index is 12.4. The summed E-state index contributed by atoms with van der Waals surface area (Å²) in [7, 11) is -3.61. The molecule has 8 nitrogen and oxygen atoms in total. The molecule has 2 fully saturated rings. The van der Waals surface area contributed by atoms with Crippen molar-refractivity contribution in [1.29, 1.82) is 0 Å². The second-order valence-electron chi connectivity index (χ2n) is 6.66. The average molecular weight is 368 g/mol. The van der Waals surface area contributed by atoms with E-state index in [2.05, 4.69) is 10.3 Å². The number of nitrogens with one attached hydrogen (secondary N) is 1. The highest BCUT2D eigenvalue weighted by Crippen LogP contribution is 2.24. The van der Waals surface area contributed by atoms with E-state index in [1.807, 2.05) is 0 Å². The lowest BCUT2D eigenvalue weighted by Crippen LogP contribution is -2.43. The summed E-state index contributed by atoms with van der Waals surface area (Å²) in [5.41, 5.74) is 0.546. The minimum atomic E-state index is -3.61. The number of pyridine rings is 1. The summed E-state index contributed by atoms with van der Waals surface area (Å²) in [5.74, 6) is 0.338. The smallest absolute Gasteiger partial charge is 0.322 e. The molecule has 3 rings (SSSR count). The van der Waals surface area contributed by atoms with Gasteiger partial charge in [-0.05, 0) is 44.6 Å². The van der Waals surface area contributed by atoms with Crippen molar-refractivity contribution < 1.29 is 17.9 Å². The summed E-state index contributed by atoms with van der Waals surface area (Å²) < 4.78 is 28.4. The lowest BCUT2D eigenvalue weighted by Gasteiger charge is -2.24. The van der Waals surface area contributed by atoms with Gasteiger partial charge in [-0.1, -0.05) is 0 Å². The Morgan fingerprint density at radius 2 is 2.04 bits per heavy atom. The van der Waals surface area contributed by atoms with Crippen LogP contribution in [0.1, 0.15) is 38.5 Å². The second-order valence-corrected chi connectivity index (χ2v) is 8.32. The van der Waals surface area contributed by atoms with E-state index in [9.17, 15) is 13.2 Å². The lowest BCUT2D eigenvalue weighted by molar-refractivity contribution is 0.201. The summed E-state index contributed by atoms with van der Waals surface area (Å²) >= 11 is 0. The molecule has 0 spiro atoms. The predicted octanol–water partition coefficient (Wildman–Crippen LogP) is 1.69. The third-order valence-electron chi connectivity index (χ3n) is 4.64. The highest BCUT2D eigenvalue weighted by Gasteiger charge is 2.31. The SMILES string of the molecule is NS(=O)(=O)CC1CCCN1C(=O)Nc1ccc(OC2CCCC2)nc1. The van der Waals surface area contributed by atoms with Crippen molar-refractivity contribution in [2.24, 2.45) is 5.14 Å². The number of amides is 2. The Balaban J connectivity index is 1.56. The van der Waals surface area contributed by atoms with Crippen LogP contribution < -0.4 is 15.2 Å². The third-order valence-corrected chi connectivity index (χ3v) is 5.49. The summed E-state index contributed by atoms with van der Waals surface area (Å²) in [4.78, 5) is 18.1. The van der Waals surface area contributed by atoms with Gasteiger partial charge in [-0.2, -0.15) is 0 Å². The lowest BCUT2D eigenvalue weighted by atomic mass is 10.2. The van der Waals surface area contributed by atoms with Crippen molar-refractivity contribution in [2.45, 2.75) is 50.7 Å². The molecule has 0 aromatic carbocycles. The molecule has 1 aliphatic carbocycles. The molecule has 1 saturated heterocycles. The Morgan fingerprint density at radius 1 is 1.28 bits per heavy atom. The maximum Gasteiger partial charge on any atom is 0.322 e. The van der Waals surface area contributed by atoms with Crippen LogP contribution in [0, 0.1) is 0 Å². The quantitative estimate of drug-likeness (QED) is 0.821. The van der Waals surface area contributed by atoms with Crippen molar-refractivity contribution in [1.82, 2.24) is 9.88 Å². The molecule has 2 amide bonds. The topological polar surface area (TPSA) is 115 Å². The molecule has 9 heteroatoms. The van der Waals surface area contributed by atoms with Crippen LogP contribution in [0.4, 0.5) is 10.5 Å². The van der Waals surface area contributed by atoms with Gasteiger partial charge >= 0.3 is 6.03 Å². The number of rotatable bonds is 5. The van der Waals surface area contributed by atoms with Gasteiger partial charge in [0, 0.05) is 18.7 Å². The first-order valence-electron chi connectivity index (χ1n) is 8.61. The molecule has 1 saturated carbocycles. The van der Waals surface area contributed by atoms with Gasteiger partial charge in [0.2, 0.25) is 15.9 Å². The Bertz CT molecular complexity index is 701. The Hall–Kier alpha value is -1.87. The number of nitrogens with zero attached hydrogens (tertiary/aromatic N) is 2. The molecule has 2 aliphatic rings. The molecular formula is C16H24N4O4S. The van der Waals surface area contributed by atoms with E-state index in [1.165, 1.54) is 17.7 Å². The van der Waals surface area contributed by atoms with Crippen molar-refractivity contribution in [2.75, 3.05) is 17.6 Å². The van der Waals surface area contributed by atoms with Gasteiger partial charge in [0.25, 0.3) is 0 Å². The van der Waals surface area contributed by atoms with Crippen LogP contribution in [0.25, 0.3) is 0 Å². The van der Waals surface area contributed by atoms with E-state index in [0.29, 0.717) is 24.5 Å². The van der Waals surface area contributed by atoms with Crippen LogP contribution in [0.5, 0.6) is 5.88 Å². The fourth-order valence-corrected chi connectivity index (χ4v) is 4.32. The number of aromatic nitrogens is 1. The van der Waals surface area contributed by atoms with Crippen LogP contribution in [0.3, 0.4) is 0 Å². The molecule has 138 valence electrons. The van der Waals surface area contributed by atoms with Crippen molar-refractivity contribution >= 4 is 21.7 Å². The molecule has 0 radical (unpaired) electrons. The summed E-state index contributed by atoms with van der Waals surface area (Å²) in [6.45, 7) is 0.516. The molecule has 1 aromatic heterocycles. The van der Waals surface area contributed by atoms with Crippen molar-refractivity contribution in [3.8, 4) is 5.88 Å². The predicted molar refractivity (Wildman–Crippen MR) is 93.8 cm³/mol. The Kier molecular flexibility index (Phi) is 5.43. The van der Waals surface area contributed by atoms with Gasteiger partial charge in [0.1, 0.15) is 6.10 Å². The molecule has 1 aliphatic heterocycles. The van der Waals surface area contributed by atoms with Crippen LogP contribution in [-0.4, -0.2) is 48.8 Å². The Labute approximate surface area is 147 Å². The number of anilines is 1. The van der Waals surface area contributed by atoms with Gasteiger partial charge in [0.15, 0.2) is 0 Å². The first-order chi connectivity index (χ1) is 11.9. The number of urea groups is 1. The summed E-state index contributed by atoms with van der Waals surface area (Å²) in [6, 6.07) is 2.75. The highest BCUT2D eigenvalue weighted by atomic mass is 32.2. The number of primary sulfonamides is 1. The molecule has 1 atom stereocenters. The standard InChI is InChI=1S/C16H24N4O4S/c17-25(22,23)11-13-4-3-9-20(13)16(21)19-12-7-8-15(18-10-12)24-14-5-1-2-6-14/h7-8,10,13-14H,1-6,9,11H2,(H,19,21)(H2,17,22,23). The average Bonchev–Trinajstić information content (AvgIpc) is 3.19. The first kappa shape index (κ1) is 17.9. The number of carbonyl (C=O) groups excluding carboxylic acids is 1. The van der Waals surface area contributed by atoms with E-state index in [-0.39, 0.29) is 23.9 Å². The fourth-order valence-electron chi connectivity index (χ4n) is 3.44. The van der Waals surface area contributed by atoms with Crippen molar-refractivity contribution in [3.05, 3.63) is 18.3 Å². The van der Waals surface area contributed by atoms with E-state index in [1.54, 1.807) is 18.3 Å². The monoisotopic (exact) mass is 368 g/mol. The summed E-state index contributed by atoms with van der Waals surface area (Å²) in [6.07, 6.45) is 7.67. The van der Waals surface area contributed by atoms with E-state index in [0.717, 1.165) is 19.3 Å². The van der Waals surface area contributed by atoms with E-state index in [4.69, 9.17) is 9.88 Å². The van der Waals surface area contributed by atoms with Gasteiger partial charge in [-0.3, -0.25) is 0 Å². The summed E-state index contributed by atoms with van der Waals surface area (Å²) in [5, 5.41) is 7.86. The number of likely N-dealkylation sites (tertiary alicyclic amines) is 1. The zero-order chi connectivity index (χ0) is 17.9. The van der Waals surface area contributed by atoms with Gasteiger partial charge in [0.05, 0.1) is 17.6 Å². The molecular weight excluding hydrogens is 344 g/mol. The molecule has 3 N–H and O–H groups in total. The zero-order valence-corrected chi connectivity index (χ0v) is 14.9. The largest absolute Gasteiger partial charge is 0.474 e. The molecule has 1 aromatic rings. The van der Waals surface area contributed by atoms with E-state index < -0.39 is 10.0 Å². The molecule has 2 heterocycles. The van der Waals surface area contributed by atoms with Crippen LogP contribution in [0.2, 0.25) is 0 Å². The molecule has 1 unspecified atom stereocenters. The number of hydrogen-bond donors (Lipinski definition) is 2. The maximum atomic E-state index is 12.4. The molecule has 25 heavy (non-hydrogen) atoms. The number of ether oxygens (including phenoxy) is 1. The fraction of sp³-hybridized carbons (Fsp3) is 0.625. The third kappa shape index (κ3) is 5.05. The second kappa shape index (κ2) is 7.57. The number of nitrogens with two attached hydrogens (primary N) is 1. The normalized spacial score (nSPS) is 21.5. The van der Waals surface area contributed by atoms with Crippen LogP contribution in [0.15, 0.2) is 18.3 Å². The van der Waals surface area contributed by atoms with Crippen molar-refractivity contribution in [3.63, 3.8) is 0 Å². The zero-order valence-electron chi connectivity index (χ0n) is 14.1. The van der Waals surface area contributed by atoms with Gasteiger partial charge in [-0.15, -0.1) is 0 Å². The number of sulfonamides is 1. The first-order valence-corrected chi connectivity index (χ1v) is 10.3. The highest BCUT2D eigenvalue weighted by molar-refractivity contribution is 7.89.